The molecule has 1 heterocycles. The quantitative estimate of drug-likeness (QED) is 0.709. The minimum absolute atomic E-state index is 0. The molecule has 154 valence electrons. The van der Waals surface area contributed by atoms with E-state index in [4.69, 9.17) is 0 Å². The summed E-state index contributed by atoms with van der Waals surface area (Å²) in [7, 11) is 3.16. The molecule has 2 N–H and O–H groups in total. The Labute approximate surface area is 168 Å². The summed E-state index contributed by atoms with van der Waals surface area (Å²) in [6.07, 6.45) is 3.52. The lowest BCUT2D eigenvalue weighted by Gasteiger charge is -2.23. The van der Waals surface area contributed by atoms with Crippen molar-refractivity contribution in [2.45, 2.75) is 30.6 Å². The zero-order valence-electron chi connectivity index (χ0n) is 16.5. The maximum absolute atomic E-state index is 12.4. The van der Waals surface area contributed by atoms with Gasteiger partial charge in [-0.2, -0.15) is 0 Å². The smallest absolute Gasteiger partial charge is 0.242 e. The van der Waals surface area contributed by atoms with Crippen molar-refractivity contribution in [3.05, 3.63) is 18.2 Å². The molecular weight excluding hydrogens is 388 g/mol. The minimum atomic E-state index is -3.55. The maximum Gasteiger partial charge on any atom is 0.242 e. The summed E-state index contributed by atoms with van der Waals surface area (Å²) in [6.45, 7) is 2.03. The fourth-order valence-electron chi connectivity index (χ4n) is 3.09. The van der Waals surface area contributed by atoms with E-state index in [1.807, 2.05) is 19.0 Å². The number of sulfonamides is 1. The number of nitrogens with zero attached hydrogens (tertiary/aromatic N) is 2. The number of halogens is 1. The molecule has 9 heteroatoms. The summed E-state index contributed by atoms with van der Waals surface area (Å²) in [4.78, 5) is 14.4. The first-order valence-corrected chi connectivity index (χ1v) is 10.4. The largest absolute Gasteiger partial charge is 0.376 e. The van der Waals surface area contributed by atoms with Crippen molar-refractivity contribution in [3.63, 3.8) is 0 Å². The summed E-state index contributed by atoms with van der Waals surface area (Å²) in [5.41, 5.74) is 1.30. The van der Waals surface area contributed by atoms with Crippen LogP contribution in [-0.4, -0.2) is 59.9 Å². The minimum Gasteiger partial charge on any atom is -0.376 e. The van der Waals surface area contributed by atoms with Gasteiger partial charge in [0, 0.05) is 34.6 Å². The third kappa shape index (κ3) is 6.34. The van der Waals surface area contributed by atoms with Gasteiger partial charge in [-0.05, 0) is 56.5 Å². The molecule has 1 aliphatic rings. The molecule has 1 aromatic carbocycles. The Hall–Kier alpha value is -1.35. The molecule has 1 amide bonds. The molecular formula is C18H31ClN4O3S. The van der Waals surface area contributed by atoms with Gasteiger partial charge in [-0.25, -0.2) is 12.7 Å². The van der Waals surface area contributed by atoms with E-state index in [2.05, 4.69) is 10.6 Å². The van der Waals surface area contributed by atoms with E-state index in [1.165, 1.54) is 24.5 Å². The van der Waals surface area contributed by atoms with E-state index >= 15 is 0 Å². The monoisotopic (exact) mass is 418 g/mol. The van der Waals surface area contributed by atoms with Crippen LogP contribution in [0.3, 0.4) is 0 Å². The number of anilines is 2. The van der Waals surface area contributed by atoms with Crippen LogP contribution in [0.1, 0.15) is 25.7 Å². The molecule has 0 saturated carbocycles. The molecule has 7 nitrogen and oxygen atoms in total. The molecule has 2 rings (SSSR count). The lowest BCUT2D eigenvalue weighted by atomic mass is 9.93. The van der Waals surface area contributed by atoms with Gasteiger partial charge in [-0.15, -0.1) is 12.4 Å². The van der Waals surface area contributed by atoms with Crippen molar-refractivity contribution in [3.8, 4) is 0 Å². The van der Waals surface area contributed by atoms with Gasteiger partial charge < -0.3 is 15.5 Å². The highest BCUT2D eigenvalue weighted by Crippen LogP contribution is 2.29. The number of piperidine rings is 1. The second-order valence-electron chi connectivity index (χ2n) is 7.14. The van der Waals surface area contributed by atoms with Crippen molar-refractivity contribution in [1.29, 1.82) is 0 Å². The van der Waals surface area contributed by atoms with E-state index in [1.54, 1.807) is 12.1 Å². The number of carbonyl (C=O) groups excluding carboxylic acids is 1. The zero-order chi connectivity index (χ0) is 19.3. The predicted molar refractivity (Wildman–Crippen MR) is 112 cm³/mol. The summed E-state index contributed by atoms with van der Waals surface area (Å²) in [5.74, 6) is 0.502. The van der Waals surface area contributed by atoms with Gasteiger partial charge in [0.15, 0.2) is 0 Å². The highest BCUT2D eigenvalue weighted by molar-refractivity contribution is 7.89. The van der Waals surface area contributed by atoms with Crippen LogP contribution in [0.2, 0.25) is 0 Å². The predicted octanol–water partition coefficient (Wildman–Crippen LogP) is 2.14. The van der Waals surface area contributed by atoms with Crippen LogP contribution in [0, 0.1) is 5.92 Å². The molecule has 27 heavy (non-hydrogen) atoms. The van der Waals surface area contributed by atoms with Crippen LogP contribution in [0.15, 0.2) is 23.1 Å². The molecule has 1 aliphatic heterocycles. The molecule has 0 aromatic heterocycles. The van der Waals surface area contributed by atoms with Crippen LogP contribution in [0.5, 0.6) is 0 Å². The molecule has 0 bridgehead atoms. The summed E-state index contributed by atoms with van der Waals surface area (Å²) >= 11 is 0. The van der Waals surface area contributed by atoms with Crippen molar-refractivity contribution in [2.24, 2.45) is 5.92 Å². The van der Waals surface area contributed by atoms with Gasteiger partial charge in [0.25, 0.3) is 0 Å². The number of hydrogen-bond donors (Lipinski definition) is 2. The van der Waals surface area contributed by atoms with E-state index in [0.717, 1.165) is 38.0 Å². The van der Waals surface area contributed by atoms with Crippen LogP contribution >= 0.6 is 12.4 Å². The van der Waals surface area contributed by atoms with Gasteiger partial charge in [0.05, 0.1) is 16.3 Å². The molecule has 0 unspecified atom stereocenters. The molecule has 0 radical (unpaired) electrons. The number of carbonyl (C=O) groups is 1. The van der Waals surface area contributed by atoms with Gasteiger partial charge in [-0.3, -0.25) is 4.79 Å². The zero-order valence-corrected chi connectivity index (χ0v) is 18.1. The molecule has 0 aliphatic carbocycles. The fraction of sp³-hybridized carbons (Fsp3) is 0.611. The SMILES string of the molecule is CN(C)c1ccc(S(=O)(=O)N(C)C)cc1NC(=O)CCC1CCNCC1.Cl. The van der Waals surface area contributed by atoms with Gasteiger partial charge >= 0.3 is 0 Å². The van der Waals surface area contributed by atoms with E-state index < -0.39 is 10.0 Å². The van der Waals surface area contributed by atoms with Crippen LogP contribution in [0.4, 0.5) is 11.4 Å². The second kappa shape index (κ2) is 10.3. The third-order valence-electron chi connectivity index (χ3n) is 4.74. The highest BCUT2D eigenvalue weighted by atomic mass is 35.5. The van der Waals surface area contributed by atoms with Gasteiger partial charge in [0.1, 0.15) is 0 Å². The Bertz CT molecular complexity index is 732. The first-order valence-electron chi connectivity index (χ1n) is 8.96. The highest BCUT2D eigenvalue weighted by Gasteiger charge is 2.20. The third-order valence-corrected chi connectivity index (χ3v) is 6.55. The average molecular weight is 419 g/mol. The first kappa shape index (κ1) is 23.7. The van der Waals surface area contributed by atoms with Crippen molar-refractivity contribution >= 4 is 39.7 Å². The van der Waals surface area contributed by atoms with Gasteiger partial charge in [-0.1, -0.05) is 0 Å². The maximum atomic E-state index is 12.4. The second-order valence-corrected chi connectivity index (χ2v) is 9.29. The fourth-order valence-corrected chi connectivity index (χ4v) is 4.02. The van der Waals surface area contributed by atoms with Crippen LogP contribution in [0.25, 0.3) is 0 Å². The Balaban J connectivity index is 0.00000364. The van der Waals surface area contributed by atoms with E-state index in [0.29, 0.717) is 18.0 Å². The molecule has 1 saturated heterocycles. The van der Waals surface area contributed by atoms with E-state index in [9.17, 15) is 13.2 Å². The van der Waals surface area contributed by atoms with Crippen LogP contribution in [-0.2, 0) is 14.8 Å². The Morgan fingerprint density at radius 2 is 1.81 bits per heavy atom. The normalized spacial score (nSPS) is 15.3. The van der Waals surface area contributed by atoms with Crippen molar-refractivity contribution in [2.75, 3.05) is 51.5 Å². The number of rotatable bonds is 7. The van der Waals surface area contributed by atoms with Crippen molar-refractivity contribution < 1.29 is 13.2 Å². The molecule has 0 spiro atoms. The number of nitrogens with one attached hydrogen (secondary N) is 2. The Morgan fingerprint density at radius 3 is 2.37 bits per heavy atom. The number of hydrogen-bond acceptors (Lipinski definition) is 5. The molecule has 1 aromatic rings. The molecule has 1 fully saturated rings. The summed E-state index contributed by atoms with van der Waals surface area (Å²) < 4.78 is 25.9. The standard InChI is InChI=1S/C18H30N4O3S.ClH/c1-21(2)17-7-6-15(26(24,25)22(3)4)13-16(17)20-18(23)8-5-14-9-11-19-12-10-14;/h6-7,13-14,19H,5,8-12H2,1-4H3,(H,20,23);1H. The Kier molecular flexibility index (Phi) is 9.01. The molecule has 0 atom stereocenters. The Morgan fingerprint density at radius 1 is 1.19 bits per heavy atom. The first-order chi connectivity index (χ1) is 12.2. The van der Waals surface area contributed by atoms with E-state index in [-0.39, 0.29) is 23.2 Å². The summed E-state index contributed by atoms with van der Waals surface area (Å²) in [5, 5.41) is 6.23. The van der Waals surface area contributed by atoms with Crippen molar-refractivity contribution in [1.82, 2.24) is 9.62 Å². The lowest BCUT2D eigenvalue weighted by Crippen LogP contribution is -2.28. The summed E-state index contributed by atoms with van der Waals surface area (Å²) in [6, 6.07) is 4.82. The lowest BCUT2D eigenvalue weighted by molar-refractivity contribution is -0.116. The average Bonchev–Trinajstić information content (AvgIpc) is 2.60. The number of amides is 1. The number of benzene rings is 1. The van der Waals surface area contributed by atoms with Gasteiger partial charge in [0.2, 0.25) is 15.9 Å². The topological polar surface area (TPSA) is 81.8 Å². The van der Waals surface area contributed by atoms with Crippen LogP contribution < -0.4 is 15.5 Å².